The van der Waals surface area contributed by atoms with E-state index in [1.165, 1.54) is 6.08 Å². The van der Waals surface area contributed by atoms with E-state index in [2.05, 4.69) is 11.9 Å². The van der Waals surface area contributed by atoms with Gasteiger partial charge in [0, 0.05) is 36.3 Å². The molecule has 2 aliphatic rings. The maximum atomic E-state index is 12.6. The minimum absolute atomic E-state index is 0.0716. The fraction of sp³-hybridized carbons (Fsp3) is 0.385. The van der Waals surface area contributed by atoms with Crippen LogP contribution in [0.2, 0.25) is 5.02 Å². The molecule has 0 aliphatic carbocycles. The summed E-state index contributed by atoms with van der Waals surface area (Å²) in [6.07, 6.45) is 4.66. The molecule has 2 atom stereocenters. The SMILES string of the molecule is C=CC(=O)N1CC[C@@H]2C[C@@H]1c1cc(Cl)cc(c1)-c1cc(C(=O)NC)ccc1OCCCCO2. The second kappa shape index (κ2) is 10.4. The molecule has 2 aliphatic heterocycles. The lowest BCUT2D eigenvalue weighted by molar-refractivity contribution is -0.132. The van der Waals surface area contributed by atoms with E-state index in [-0.39, 0.29) is 24.0 Å². The zero-order chi connectivity index (χ0) is 23.4. The number of ether oxygens (including phenoxy) is 2. The van der Waals surface area contributed by atoms with Gasteiger partial charge in [-0.15, -0.1) is 0 Å². The molecule has 0 unspecified atom stereocenters. The maximum Gasteiger partial charge on any atom is 0.251 e. The zero-order valence-corrected chi connectivity index (χ0v) is 19.6. The topological polar surface area (TPSA) is 67.9 Å². The number of nitrogens with one attached hydrogen (secondary N) is 1. The van der Waals surface area contributed by atoms with Crippen molar-refractivity contribution in [3.8, 4) is 16.9 Å². The van der Waals surface area contributed by atoms with Crippen LogP contribution in [0.5, 0.6) is 5.75 Å². The minimum atomic E-state index is -0.180. The highest BCUT2D eigenvalue weighted by atomic mass is 35.5. The Balaban J connectivity index is 1.84. The number of hydrogen-bond acceptors (Lipinski definition) is 4. The number of amides is 2. The highest BCUT2D eigenvalue weighted by Crippen LogP contribution is 2.39. The summed E-state index contributed by atoms with van der Waals surface area (Å²) in [4.78, 5) is 26.8. The molecular formula is C26H29ClN2O4. The molecule has 174 valence electrons. The number of benzene rings is 2. The first-order chi connectivity index (χ1) is 16.0. The monoisotopic (exact) mass is 468 g/mol. The van der Waals surface area contributed by atoms with Crippen LogP contribution in [-0.2, 0) is 9.53 Å². The molecule has 0 spiro atoms. The van der Waals surface area contributed by atoms with Gasteiger partial charge < -0.3 is 19.7 Å². The molecule has 1 N–H and O–H groups in total. The first kappa shape index (κ1) is 23.3. The van der Waals surface area contributed by atoms with Crippen LogP contribution in [0.1, 0.15) is 47.6 Å². The van der Waals surface area contributed by atoms with E-state index in [9.17, 15) is 9.59 Å². The minimum Gasteiger partial charge on any atom is -0.493 e. The quantitative estimate of drug-likeness (QED) is 0.644. The summed E-state index contributed by atoms with van der Waals surface area (Å²) >= 11 is 6.57. The number of carbonyl (C=O) groups excluding carboxylic acids is 2. The molecule has 4 bridgehead atoms. The van der Waals surface area contributed by atoms with Crippen molar-refractivity contribution in [3.05, 3.63) is 65.2 Å². The second-order valence-electron chi connectivity index (χ2n) is 8.39. The molecule has 0 saturated carbocycles. The van der Waals surface area contributed by atoms with Crippen molar-refractivity contribution in [2.24, 2.45) is 0 Å². The summed E-state index contributed by atoms with van der Waals surface area (Å²) in [6, 6.07) is 11.0. The largest absolute Gasteiger partial charge is 0.493 e. The van der Waals surface area contributed by atoms with Crippen molar-refractivity contribution in [3.63, 3.8) is 0 Å². The lowest BCUT2D eigenvalue weighted by Gasteiger charge is -2.39. The Labute approximate surface area is 199 Å². The van der Waals surface area contributed by atoms with E-state index >= 15 is 0 Å². The summed E-state index contributed by atoms with van der Waals surface area (Å²) in [7, 11) is 1.61. The van der Waals surface area contributed by atoms with Gasteiger partial charge in [0.05, 0.1) is 18.8 Å². The summed E-state index contributed by atoms with van der Waals surface area (Å²) in [5.41, 5.74) is 3.10. The molecule has 1 saturated heterocycles. The van der Waals surface area contributed by atoms with Gasteiger partial charge in [-0.1, -0.05) is 18.2 Å². The van der Waals surface area contributed by atoms with E-state index < -0.39 is 0 Å². The van der Waals surface area contributed by atoms with Crippen molar-refractivity contribution < 1.29 is 19.1 Å². The van der Waals surface area contributed by atoms with E-state index in [4.69, 9.17) is 21.1 Å². The fourth-order valence-corrected chi connectivity index (χ4v) is 4.79. The Kier molecular flexibility index (Phi) is 7.36. The number of nitrogens with zero attached hydrogens (tertiary/aromatic N) is 1. The first-order valence-electron chi connectivity index (χ1n) is 11.3. The average molecular weight is 469 g/mol. The van der Waals surface area contributed by atoms with Gasteiger partial charge >= 0.3 is 0 Å². The van der Waals surface area contributed by atoms with Crippen LogP contribution in [0.4, 0.5) is 0 Å². The van der Waals surface area contributed by atoms with Gasteiger partial charge in [-0.05, 0) is 79.3 Å². The highest BCUT2D eigenvalue weighted by molar-refractivity contribution is 6.31. The van der Waals surface area contributed by atoms with Crippen LogP contribution < -0.4 is 10.1 Å². The van der Waals surface area contributed by atoms with E-state index in [1.54, 1.807) is 13.1 Å². The Morgan fingerprint density at radius 3 is 2.79 bits per heavy atom. The number of hydrogen-bond donors (Lipinski definition) is 1. The molecule has 1 fully saturated rings. The van der Waals surface area contributed by atoms with Gasteiger partial charge in [-0.2, -0.15) is 0 Å². The Morgan fingerprint density at radius 2 is 2.00 bits per heavy atom. The predicted molar refractivity (Wildman–Crippen MR) is 129 cm³/mol. The highest BCUT2D eigenvalue weighted by Gasteiger charge is 2.33. The maximum absolute atomic E-state index is 12.6. The van der Waals surface area contributed by atoms with Crippen LogP contribution in [0.3, 0.4) is 0 Å². The number of rotatable bonds is 2. The first-order valence-corrected chi connectivity index (χ1v) is 11.7. The number of fused-ring (bicyclic) bond motifs is 7. The second-order valence-corrected chi connectivity index (χ2v) is 8.82. The summed E-state index contributed by atoms with van der Waals surface area (Å²) < 4.78 is 12.2. The zero-order valence-electron chi connectivity index (χ0n) is 18.8. The molecule has 33 heavy (non-hydrogen) atoms. The van der Waals surface area contributed by atoms with Crippen LogP contribution in [-0.4, -0.2) is 49.6 Å². The molecule has 2 aromatic carbocycles. The third kappa shape index (κ3) is 5.23. The standard InChI is InChI=1S/C26H29ClN2O4/c1-3-25(30)29-9-8-21-16-23(29)19-12-18(13-20(27)14-19)22-15-17(26(31)28-2)6-7-24(22)33-11-5-4-10-32-21/h3,6-7,12-15,21,23H,1,4-5,8-11,16H2,2H3,(H,28,31)/t21-,23-/m1/s1. The number of halogens is 1. The fourth-order valence-electron chi connectivity index (χ4n) is 4.54. The Hall–Kier alpha value is -2.83. The van der Waals surface area contributed by atoms with Crippen molar-refractivity contribution >= 4 is 23.4 Å². The average Bonchev–Trinajstić information content (AvgIpc) is 2.84. The van der Waals surface area contributed by atoms with Crippen LogP contribution in [0.25, 0.3) is 11.1 Å². The lowest BCUT2D eigenvalue weighted by atomic mass is 9.90. The molecule has 2 heterocycles. The molecule has 0 aromatic heterocycles. The third-order valence-corrected chi connectivity index (χ3v) is 6.46. The molecule has 7 heteroatoms. The van der Waals surface area contributed by atoms with E-state index in [0.717, 1.165) is 36.0 Å². The molecule has 6 nitrogen and oxygen atoms in total. The van der Waals surface area contributed by atoms with Gasteiger partial charge in [0.1, 0.15) is 5.75 Å². The molecular weight excluding hydrogens is 440 g/mol. The van der Waals surface area contributed by atoms with Crippen LogP contribution in [0, 0.1) is 0 Å². The molecule has 2 amide bonds. The number of likely N-dealkylation sites (tertiary alicyclic amines) is 1. The smallest absolute Gasteiger partial charge is 0.251 e. The molecule has 0 radical (unpaired) electrons. The summed E-state index contributed by atoms with van der Waals surface area (Å²) in [6.45, 7) is 5.48. The van der Waals surface area contributed by atoms with E-state index in [1.807, 2.05) is 35.2 Å². The third-order valence-electron chi connectivity index (χ3n) is 6.25. The van der Waals surface area contributed by atoms with Gasteiger partial charge in [0.25, 0.3) is 5.91 Å². The van der Waals surface area contributed by atoms with Gasteiger partial charge in [0.15, 0.2) is 0 Å². The normalized spacial score (nSPS) is 20.6. The van der Waals surface area contributed by atoms with Crippen molar-refractivity contribution in [1.82, 2.24) is 10.2 Å². The van der Waals surface area contributed by atoms with Gasteiger partial charge in [-0.25, -0.2) is 0 Å². The Bertz CT molecular complexity index is 1050. The molecule has 4 rings (SSSR count). The van der Waals surface area contributed by atoms with Crippen molar-refractivity contribution in [1.29, 1.82) is 0 Å². The van der Waals surface area contributed by atoms with Crippen molar-refractivity contribution in [2.75, 3.05) is 26.8 Å². The summed E-state index contributed by atoms with van der Waals surface area (Å²) in [5, 5.41) is 3.23. The van der Waals surface area contributed by atoms with Crippen molar-refractivity contribution in [2.45, 2.75) is 37.8 Å². The van der Waals surface area contributed by atoms with Crippen LogP contribution >= 0.6 is 11.6 Å². The summed E-state index contributed by atoms with van der Waals surface area (Å²) in [5.74, 6) is 0.413. The van der Waals surface area contributed by atoms with Crippen LogP contribution in [0.15, 0.2) is 49.1 Å². The van der Waals surface area contributed by atoms with Gasteiger partial charge in [0.2, 0.25) is 5.91 Å². The molecule has 2 aromatic rings. The Morgan fingerprint density at radius 1 is 1.18 bits per heavy atom. The lowest BCUT2D eigenvalue weighted by Crippen LogP contribution is -2.42. The van der Waals surface area contributed by atoms with E-state index in [0.29, 0.717) is 42.5 Å². The van der Waals surface area contributed by atoms with Gasteiger partial charge in [-0.3, -0.25) is 9.59 Å². The predicted octanol–water partition coefficient (Wildman–Crippen LogP) is 4.77. The number of carbonyl (C=O) groups is 2. The number of piperidine rings is 1.